The van der Waals surface area contributed by atoms with Crippen molar-refractivity contribution in [3.63, 3.8) is 0 Å². The van der Waals surface area contributed by atoms with Crippen LogP contribution in [-0.4, -0.2) is 51.9 Å². The van der Waals surface area contributed by atoms with Crippen molar-refractivity contribution in [3.05, 3.63) is 40.7 Å². The number of carbonyl (C=O) groups excluding carboxylic acids is 1. The zero-order valence-corrected chi connectivity index (χ0v) is 19.7. The largest absolute Gasteiger partial charge is 0.387 e. The maximum absolute atomic E-state index is 12.8. The predicted molar refractivity (Wildman–Crippen MR) is 129 cm³/mol. The van der Waals surface area contributed by atoms with E-state index < -0.39 is 0 Å². The molecule has 4 rings (SSSR count). The molecule has 2 saturated heterocycles. The molecule has 0 spiro atoms. The Morgan fingerprint density at radius 2 is 1.91 bits per heavy atom. The van der Waals surface area contributed by atoms with Gasteiger partial charge in [0.1, 0.15) is 23.8 Å². The zero-order chi connectivity index (χ0) is 23.0. The summed E-state index contributed by atoms with van der Waals surface area (Å²) in [5, 5.41) is 3.99. The third kappa shape index (κ3) is 4.37. The van der Waals surface area contributed by atoms with Crippen LogP contribution >= 0.6 is 11.6 Å². The van der Waals surface area contributed by atoms with Crippen LogP contribution in [0.5, 0.6) is 0 Å². The quantitative estimate of drug-likeness (QED) is 0.527. The monoisotopic (exact) mass is 455 g/mol. The zero-order valence-electron chi connectivity index (χ0n) is 19.0. The van der Waals surface area contributed by atoms with E-state index in [0.29, 0.717) is 23.9 Å². The third-order valence-corrected chi connectivity index (χ3v) is 6.57. The fourth-order valence-corrected chi connectivity index (χ4v) is 4.70. The highest BCUT2D eigenvalue weighted by atomic mass is 35.5. The van der Waals surface area contributed by atoms with Crippen molar-refractivity contribution in [1.82, 2.24) is 14.9 Å². The number of nitrogens with one attached hydrogen (secondary N) is 1. The lowest BCUT2D eigenvalue weighted by Gasteiger charge is -2.41. The van der Waals surface area contributed by atoms with Gasteiger partial charge in [-0.3, -0.25) is 0 Å². The molecule has 1 aromatic heterocycles. The number of amides is 2. The molecule has 2 aliphatic rings. The van der Waals surface area contributed by atoms with Gasteiger partial charge in [-0.05, 0) is 44.4 Å². The fourth-order valence-electron chi connectivity index (χ4n) is 4.42. The Morgan fingerprint density at radius 3 is 2.53 bits per heavy atom. The number of aliphatic imine (C=N–C) groups is 1. The Balaban J connectivity index is 1.53. The Hall–Kier alpha value is -2.87. The van der Waals surface area contributed by atoms with E-state index in [-0.39, 0.29) is 24.0 Å². The number of aryl methyl sites for hydroxylation is 1. The second-order valence-corrected chi connectivity index (χ2v) is 9.36. The molecule has 2 amide bonds. The van der Waals surface area contributed by atoms with Gasteiger partial charge in [-0.15, -0.1) is 0 Å². The molecule has 2 fully saturated rings. The second-order valence-electron chi connectivity index (χ2n) is 8.95. The number of amidine groups is 1. The van der Waals surface area contributed by atoms with Crippen molar-refractivity contribution in [3.8, 4) is 0 Å². The van der Waals surface area contributed by atoms with Crippen LogP contribution in [0, 0.1) is 19.8 Å². The Kier molecular flexibility index (Phi) is 6.24. The van der Waals surface area contributed by atoms with Crippen molar-refractivity contribution < 1.29 is 4.79 Å². The molecule has 2 aromatic rings. The van der Waals surface area contributed by atoms with Gasteiger partial charge < -0.3 is 20.9 Å². The number of halogens is 1. The number of rotatable bonds is 4. The topological polar surface area (TPSA) is 99.7 Å². The smallest absolute Gasteiger partial charge is 0.345 e. The Morgan fingerprint density at radius 1 is 1.22 bits per heavy atom. The van der Waals surface area contributed by atoms with E-state index in [0.717, 1.165) is 41.3 Å². The maximum Gasteiger partial charge on any atom is 0.345 e. The average Bonchev–Trinajstić information content (AvgIpc) is 3.01. The van der Waals surface area contributed by atoms with Crippen LogP contribution in [0.2, 0.25) is 5.02 Å². The van der Waals surface area contributed by atoms with E-state index in [1.54, 1.807) is 6.33 Å². The number of hydrogen-bond acceptors (Lipinski definition) is 5. The van der Waals surface area contributed by atoms with Crippen LogP contribution in [0.15, 0.2) is 29.5 Å². The van der Waals surface area contributed by atoms with Gasteiger partial charge >= 0.3 is 6.03 Å². The molecule has 32 heavy (non-hydrogen) atoms. The number of benzene rings is 1. The Bertz CT molecular complexity index is 1040. The molecular formula is C23H30ClN7O. The van der Waals surface area contributed by atoms with Gasteiger partial charge in [-0.25, -0.2) is 14.8 Å². The number of nitrogens with two attached hydrogens (primary N) is 1. The number of carbonyl (C=O) groups is 1. The van der Waals surface area contributed by atoms with Gasteiger partial charge in [0.2, 0.25) is 0 Å². The van der Waals surface area contributed by atoms with Crippen molar-refractivity contribution in [2.75, 3.05) is 23.3 Å². The van der Waals surface area contributed by atoms with Crippen molar-refractivity contribution >= 4 is 40.8 Å². The Labute approximate surface area is 193 Å². The van der Waals surface area contributed by atoms with Crippen LogP contribution in [0.1, 0.15) is 37.8 Å². The first-order chi connectivity index (χ1) is 15.2. The number of nitrogens with zero attached hydrogens (tertiary/aromatic N) is 5. The van der Waals surface area contributed by atoms with E-state index in [4.69, 9.17) is 17.3 Å². The summed E-state index contributed by atoms with van der Waals surface area (Å²) in [5.41, 5.74) is 8.79. The first kappa shape index (κ1) is 22.3. The lowest BCUT2D eigenvalue weighted by atomic mass is 10.1. The lowest BCUT2D eigenvalue weighted by Crippen LogP contribution is -2.55. The summed E-state index contributed by atoms with van der Waals surface area (Å²) < 4.78 is 0. The summed E-state index contributed by atoms with van der Waals surface area (Å²) in [6, 6.07) is 5.86. The minimum Gasteiger partial charge on any atom is -0.387 e. The molecule has 0 radical (unpaired) electrons. The van der Waals surface area contributed by atoms with Crippen LogP contribution in [-0.2, 0) is 0 Å². The molecule has 3 N–H and O–H groups in total. The summed E-state index contributed by atoms with van der Waals surface area (Å²) >= 11 is 6.39. The molecule has 0 saturated carbocycles. The first-order valence-corrected chi connectivity index (χ1v) is 11.4. The summed E-state index contributed by atoms with van der Waals surface area (Å²) in [7, 11) is 0. The molecule has 8 nitrogen and oxygen atoms in total. The van der Waals surface area contributed by atoms with Crippen molar-refractivity contribution in [2.24, 2.45) is 16.6 Å². The second kappa shape index (κ2) is 8.94. The van der Waals surface area contributed by atoms with Gasteiger partial charge in [0.05, 0.1) is 22.8 Å². The number of aromatic nitrogens is 2. The third-order valence-electron chi connectivity index (χ3n) is 6.25. The molecule has 170 valence electrons. The standard InChI is InChI=1S/C23H30ClN7O/c1-13(2)20(25)29-23(32)31-16-6-7-17(31)11-30(10-16)22-15(4)21(26-12-27-22)28-19-8-5-14(3)9-18(19)24/h5,8-9,12-13,16-17H,6-7,10-11H2,1-4H3,(H2,25,29,32)(H,26,27,28). The molecule has 2 aliphatic heterocycles. The van der Waals surface area contributed by atoms with Crippen molar-refractivity contribution in [2.45, 2.75) is 52.6 Å². The minimum absolute atomic E-state index is 0.0505. The van der Waals surface area contributed by atoms with Gasteiger partial charge in [0.15, 0.2) is 0 Å². The van der Waals surface area contributed by atoms with E-state index >= 15 is 0 Å². The SMILES string of the molecule is Cc1ccc(Nc2ncnc(N3CC4CCC(C3)N4C(=O)N=C(N)C(C)C)c2C)c(Cl)c1. The number of fused-ring (bicyclic) bond motifs is 2. The highest BCUT2D eigenvalue weighted by Gasteiger charge is 2.43. The van der Waals surface area contributed by atoms with Gasteiger partial charge in [-0.2, -0.15) is 4.99 Å². The van der Waals surface area contributed by atoms with Gasteiger partial charge in [0.25, 0.3) is 0 Å². The van der Waals surface area contributed by atoms with E-state index in [1.807, 2.05) is 50.8 Å². The highest BCUT2D eigenvalue weighted by Crippen LogP contribution is 2.35. The van der Waals surface area contributed by atoms with Crippen LogP contribution in [0.25, 0.3) is 0 Å². The molecule has 9 heteroatoms. The first-order valence-electron chi connectivity index (χ1n) is 11.0. The minimum atomic E-state index is -0.223. The summed E-state index contributed by atoms with van der Waals surface area (Å²) in [5.74, 6) is 2.03. The normalized spacial score (nSPS) is 20.8. The fraction of sp³-hybridized carbons (Fsp3) is 0.478. The molecule has 0 aliphatic carbocycles. The van der Waals surface area contributed by atoms with Gasteiger partial charge in [0, 0.05) is 24.6 Å². The lowest BCUT2D eigenvalue weighted by molar-refractivity contribution is 0.171. The average molecular weight is 456 g/mol. The van der Waals surface area contributed by atoms with E-state index in [9.17, 15) is 4.79 Å². The maximum atomic E-state index is 12.8. The summed E-state index contributed by atoms with van der Waals surface area (Å²) in [6.07, 6.45) is 3.48. The molecule has 2 unspecified atom stereocenters. The summed E-state index contributed by atoms with van der Waals surface area (Å²) in [6.45, 7) is 9.31. The van der Waals surface area contributed by atoms with E-state index in [1.165, 1.54) is 0 Å². The molecular weight excluding hydrogens is 426 g/mol. The van der Waals surface area contributed by atoms with Gasteiger partial charge in [-0.1, -0.05) is 31.5 Å². The number of urea groups is 1. The summed E-state index contributed by atoms with van der Waals surface area (Å²) in [4.78, 5) is 30.1. The number of piperazine rings is 1. The van der Waals surface area contributed by atoms with E-state index in [2.05, 4.69) is 25.2 Å². The molecule has 2 bridgehead atoms. The molecule has 3 heterocycles. The highest BCUT2D eigenvalue weighted by molar-refractivity contribution is 6.33. The number of anilines is 3. The van der Waals surface area contributed by atoms with Crippen LogP contribution in [0.3, 0.4) is 0 Å². The van der Waals surface area contributed by atoms with Crippen molar-refractivity contribution in [1.29, 1.82) is 0 Å². The molecule has 1 aromatic carbocycles. The van der Waals surface area contributed by atoms with Crippen LogP contribution < -0.4 is 16.0 Å². The van der Waals surface area contributed by atoms with Crippen LogP contribution in [0.4, 0.5) is 22.1 Å². The molecule has 2 atom stereocenters. The number of hydrogen-bond donors (Lipinski definition) is 2. The predicted octanol–water partition coefficient (Wildman–Crippen LogP) is 4.28.